The second-order valence-corrected chi connectivity index (χ2v) is 2.95. The normalized spacial score (nSPS) is 9.64. The Balaban J connectivity index is 3.29. The van der Waals surface area contributed by atoms with Gasteiger partial charge in [-0.2, -0.15) is 0 Å². The van der Waals surface area contributed by atoms with Gasteiger partial charge >= 0.3 is 0 Å². The van der Waals surface area contributed by atoms with Crippen molar-refractivity contribution in [3.05, 3.63) is 29.1 Å². The van der Waals surface area contributed by atoms with Crippen LogP contribution >= 0.6 is 0 Å². The minimum absolute atomic E-state index is 0.0486. The molecule has 0 aliphatic carbocycles. The van der Waals surface area contributed by atoms with E-state index in [-0.39, 0.29) is 11.3 Å². The lowest BCUT2D eigenvalue weighted by Crippen LogP contribution is -2.10. The average molecular weight is 195 g/mol. The summed E-state index contributed by atoms with van der Waals surface area (Å²) in [6.45, 7) is 2.94. The maximum Gasteiger partial charge on any atom is 0.221 e. The molecule has 1 aromatic carbocycles. The van der Waals surface area contributed by atoms with Gasteiger partial charge in [-0.3, -0.25) is 9.59 Å². The third-order valence-corrected chi connectivity index (χ3v) is 1.83. The minimum atomic E-state index is -0.604. The molecule has 0 aliphatic heterocycles. The molecule has 0 spiro atoms. The number of carbonyl (C=O) groups is 2. The van der Waals surface area contributed by atoms with Gasteiger partial charge in [0.15, 0.2) is 6.29 Å². The summed E-state index contributed by atoms with van der Waals surface area (Å²) in [6, 6.07) is 2.71. The lowest BCUT2D eigenvalue weighted by Gasteiger charge is -2.08. The molecule has 0 fully saturated rings. The van der Waals surface area contributed by atoms with Gasteiger partial charge in [0.2, 0.25) is 5.91 Å². The van der Waals surface area contributed by atoms with Crippen LogP contribution in [0.25, 0.3) is 0 Å². The van der Waals surface area contributed by atoms with E-state index in [0.29, 0.717) is 11.8 Å². The van der Waals surface area contributed by atoms with Gasteiger partial charge in [0.05, 0.1) is 5.69 Å². The average Bonchev–Trinajstić information content (AvgIpc) is 2.11. The minimum Gasteiger partial charge on any atom is -0.323 e. The highest BCUT2D eigenvalue weighted by atomic mass is 19.1. The molecule has 4 heteroatoms. The first-order valence-electron chi connectivity index (χ1n) is 4.08. The fourth-order valence-electron chi connectivity index (χ4n) is 1.15. The van der Waals surface area contributed by atoms with Gasteiger partial charge < -0.3 is 5.32 Å². The molecule has 0 aliphatic rings. The molecule has 0 bridgehead atoms. The van der Waals surface area contributed by atoms with Crippen LogP contribution < -0.4 is 5.32 Å². The molecule has 1 N–H and O–H groups in total. The SMILES string of the molecule is CC(=O)Nc1c(F)ccc(C)c1C=O. The van der Waals surface area contributed by atoms with Crippen molar-refractivity contribution in [3.63, 3.8) is 0 Å². The molecule has 0 unspecified atom stereocenters. The van der Waals surface area contributed by atoms with E-state index in [2.05, 4.69) is 5.32 Å². The maximum absolute atomic E-state index is 13.2. The fourth-order valence-corrected chi connectivity index (χ4v) is 1.15. The van der Waals surface area contributed by atoms with Crippen LogP contribution in [0.5, 0.6) is 0 Å². The van der Waals surface area contributed by atoms with E-state index in [0.717, 1.165) is 0 Å². The zero-order chi connectivity index (χ0) is 10.7. The number of amides is 1. The topological polar surface area (TPSA) is 46.2 Å². The Morgan fingerprint density at radius 2 is 2.14 bits per heavy atom. The van der Waals surface area contributed by atoms with Crippen molar-refractivity contribution in [3.8, 4) is 0 Å². The van der Waals surface area contributed by atoms with Crippen molar-refractivity contribution in [2.75, 3.05) is 5.32 Å². The van der Waals surface area contributed by atoms with Crippen LogP contribution in [0.15, 0.2) is 12.1 Å². The summed E-state index contributed by atoms with van der Waals surface area (Å²) in [5.74, 6) is -1.01. The Bertz CT molecular complexity index is 388. The molecule has 14 heavy (non-hydrogen) atoms. The van der Waals surface area contributed by atoms with E-state index in [9.17, 15) is 14.0 Å². The summed E-state index contributed by atoms with van der Waals surface area (Å²) in [7, 11) is 0. The summed E-state index contributed by atoms with van der Waals surface area (Å²) < 4.78 is 13.2. The van der Waals surface area contributed by atoms with Crippen LogP contribution in [-0.2, 0) is 4.79 Å². The summed E-state index contributed by atoms with van der Waals surface area (Å²) in [4.78, 5) is 21.4. The fraction of sp³-hybridized carbons (Fsp3) is 0.200. The molecule has 1 amide bonds. The number of aldehydes is 1. The molecule has 1 rings (SSSR count). The number of hydrogen-bond donors (Lipinski definition) is 1. The third-order valence-electron chi connectivity index (χ3n) is 1.83. The summed E-state index contributed by atoms with van der Waals surface area (Å²) in [5.41, 5.74) is 0.762. The van der Waals surface area contributed by atoms with Crippen LogP contribution in [-0.4, -0.2) is 12.2 Å². The second-order valence-electron chi connectivity index (χ2n) is 2.95. The number of halogens is 1. The highest BCUT2D eigenvalue weighted by Crippen LogP contribution is 2.21. The van der Waals surface area contributed by atoms with E-state index in [1.54, 1.807) is 6.92 Å². The van der Waals surface area contributed by atoms with E-state index < -0.39 is 11.7 Å². The summed E-state index contributed by atoms with van der Waals surface area (Å²) in [6.07, 6.45) is 0.531. The second kappa shape index (κ2) is 4.00. The monoisotopic (exact) mass is 195 g/mol. The van der Waals surface area contributed by atoms with Crippen molar-refractivity contribution >= 4 is 17.9 Å². The van der Waals surface area contributed by atoms with Gasteiger partial charge in [-0.15, -0.1) is 0 Å². The molecule has 0 aromatic heterocycles. The molecule has 0 radical (unpaired) electrons. The standard InChI is InChI=1S/C10H10FNO2/c1-6-3-4-9(11)10(8(6)5-13)12-7(2)14/h3-5H,1-2H3,(H,12,14). The zero-order valence-electron chi connectivity index (χ0n) is 7.93. The maximum atomic E-state index is 13.2. The number of carbonyl (C=O) groups excluding carboxylic acids is 2. The molecule has 1 aromatic rings. The van der Waals surface area contributed by atoms with Crippen molar-refractivity contribution in [1.29, 1.82) is 0 Å². The van der Waals surface area contributed by atoms with Crippen molar-refractivity contribution in [1.82, 2.24) is 0 Å². The van der Waals surface area contributed by atoms with Crippen LogP contribution in [0.2, 0.25) is 0 Å². The summed E-state index contributed by atoms with van der Waals surface area (Å²) in [5, 5.41) is 2.29. The lowest BCUT2D eigenvalue weighted by atomic mass is 10.1. The van der Waals surface area contributed by atoms with E-state index in [4.69, 9.17) is 0 Å². The predicted molar refractivity (Wildman–Crippen MR) is 50.8 cm³/mol. The Morgan fingerprint density at radius 3 is 2.64 bits per heavy atom. The number of nitrogens with one attached hydrogen (secondary N) is 1. The van der Waals surface area contributed by atoms with Gasteiger partial charge in [0, 0.05) is 12.5 Å². The van der Waals surface area contributed by atoms with Gasteiger partial charge in [-0.1, -0.05) is 6.07 Å². The third kappa shape index (κ3) is 1.96. The quantitative estimate of drug-likeness (QED) is 0.732. The highest BCUT2D eigenvalue weighted by Gasteiger charge is 2.11. The molecular weight excluding hydrogens is 185 g/mol. The molecular formula is C10H10FNO2. The Hall–Kier alpha value is -1.71. The summed E-state index contributed by atoms with van der Waals surface area (Å²) >= 11 is 0. The van der Waals surface area contributed by atoms with Crippen LogP contribution in [0, 0.1) is 12.7 Å². The van der Waals surface area contributed by atoms with Crippen LogP contribution in [0.4, 0.5) is 10.1 Å². The number of anilines is 1. The van der Waals surface area contributed by atoms with E-state index in [1.807, 2.05) is 0 Å². The Morgan fingerprint density at radius 1 is 1.50 bits per heavy atom. The molecule has 74 valence electrons. The van der Waals surface area contributed by atoms with Gasteiger partial charge in [0.25, 0.3) is 0 Å². The molecule has 0 saturated carbocycles. The van der Waals surface area contributed by atoms with E-state index >= 15 is 0 Å². The Kier molecular flexibility index (Phi) is 2.96. The first kappa shape index (κ1) is 10.4. The van der Waals surface area contributed by atoms with Crippen molar-refractivity contribution < 1.29 is 14.0 Å². The molecule has 0 atom stereocenters. The predicted octanol–water partition coefficient (Wildman–Crippen LogP) is 1.91. The number of rotatable bonds is 2. The van der Waals surface area contributed by atoms with Crippen LogP contribution in [0.1, 0.15) is 22.8 Å². The Labute approximate surface area is 80.9 Å². The van der Waals surface area contributed by atoms with E-state index in [1.165, 1.54) is 19.1 Å². The van der Waals surface area contributed by atoms with Crippen molar-refractivity contribution in [2.24, 2.45) is 0 Å². The zero-order valence-corrected chi connectivity index (χ0v) is 7.93. The molecule has 3 nitrogen and oxygen atoms in total. The molecule has 0 heterocycles. The largest absolute Gasteiger partial charge is 0.323 e. The highest BCUT2D eigenvalue weighted by molar-refractivity contribution is 5.96. The molecule has 0 saturated heterocycles. The first-order valence-corrected chi connectivity index (χ1v) is 4.08. The lowest BCUT2D eigenvalue weighted by molar-refractivity contribution is -0.114. The van der Waals surface area contributed by atoms with Gasteiger partial charge in [-0.05, 0) is 18.6 Å². The number of aryl methyl sites for hydroxylation is 1. The van der Waals surface area contributed by atoms with Gasteiger partial charge in [0.1, 0.15) is 5.82 Å². The van der Waals surface area contributed by atoms with Crippen LogP contribution in [0.3, 0.4) is 0 Å². The number of hydrogen-bond acceptors (Lipinski definition) is 2. The first-order chi connectivity index (χ1) is 6.56. The smallest absolute Gasteiger partial charge is 0.221 e. The number of benzene rings is 1. The van der Waals surface area contributed by atoms with Gasteiger partial charge in [-0.25, -0.2) is 4.39 Å². The van der Waals surface area contributed by atoms with Crippen molar-refractivity contribution in [2.45, 2.75) is 13.8 Å².